The number of amides is 1. The van der Waals surface area contributed by atoms with Gasteiger partial charge >= 0.3 is 5.97 Å². The molecule has 21 heavy (non-hydrogen) atoms. The quantitative estimate of drug-likeness (QED) is 0.886. The van der Waals surface area contributed by atoms with Gasteiger partial charge < -0.3 is 10.4 Å². The molecular formula is C14H14BrN3O3. The predicted molar refractivity (Wildman–Crippen MR) is 81.7 cm³/mol. The molecule has 6 nitrogen and oxygen atoms in total. The molecule has 0 spiro atoms. The Labute approximate surface area is 129 Å². The van der Waals surface area contributed by atoms with Crippen LogP contribution in [0.25, 0.3) is 0 Å². The first-order chi connectivity index (χ1) is 9.92. The molecule has 2 aromatic rings. The molecule has 2 rings (SSSR count). The molecule has 0 fully saturated rings. The molecular weight excluding hydrogens is 338 g/mol. The summed E-state index contributed by atoms with van der Waals surface area (Å²) < 4.78 is 2.26. The van der Waals surface area contributed by atoms with Crippen LogP contribution < -0.4 is 5.32 Å². The molecule has 0 unspecified atom stereocenters. The smallest absolute Gasteiger partial charge is 0.337 e. The zero-order valence-electron chi connectivity index (χ0n) is 11.6. The van der Waals surface area contributed by atoms with Crippen molar-refractivity contribution in [2.75, 3.05) is 5.32 Å². The van der Waals surface area contributed by atoms with E-state index in [0.717, 1.165) is 5.69 Å². The number of carbonyl (C=O) groups excluding carboxylic acids is 1. The number of anilines is 1. The van der Waals surface area contributed by atoms with E-state index in [1.807, 2.05) is 6.92 Å². The van der Waals surface area contributed by atoms with E-state index in [-0.39, 0.29) is 11.3 Å². The molecule has 1 aromatic carbocycles. The lowest BCUT2D eigenvalue weighted by atomic mass is 10.1. The number of hydrogen-bond donors (Lipinski definition) is 2. The molecule has 0 aliphatic carbocycles. The van der Waals surface area contributed by atoms with Gasteiger partial charge in [0.25, 0.3) is 5.91 Å². The van der Waals surface area contributed by atoms with Gasteiger partial charge in [0.05, 0.1) is 16.9 Å². The van der Waals surface area contributed by atoms with Gasteiger partial charge in [0.1, 0.15) is 5.69 Å². The van der Waals surface area contributed by atoms with Crippen molar-refractivity contribution < 1.29 is 14.7 Å². The monoisotopic (exact) mass is 351 g/mol. The van der Waals surface area contributed by atoms with Crippen LogP contribution in [-0.4, -0.2) is 26.8 Å². The lowest BCUT2D eigenvalue weighted by molar-refractivity contribution is 0.0698. The summed E-state index contributed by atoms with van der Waals surface area (Å²) in [5, 5.41) is 16.0. The molecule has 1 aromatic heterocycles. The summed E-state index contributed by atoms with van der Waals surface area (Å²) in [5.74, 6) is -1.49. The maximum Gasteiger partial charge on any atom is 0.337 e. The van der Waals surface area contributed by atoms with Crippen molar-refractivity contribution in [2.24, 2.45) is 0 Å². The first kappa shape index (κ1) is 15.2. The van der Waals surface area contributed by atoms with Crippen LogP contribution in [0.2, 0.25) is 0 Å². The fourth-order valence-corrected chi connectivity index (χ4v) is 2.32. The molecule has 110 valence electrons. The van der Waals surface area contributed by atoms with E-state index in [1.54, 1.807) is 29.8 Å². The second-order valence-corrected chi connectivity index (χ2v) is 5.35. The maximum absolute atomic E-state index is 12.3. The molecule has 0 radical (unpaired) electrons. The van der Waals surface area contributed by atoms with Gasteiger partial charge in [-0.2, -0.15) is 5.10 Å². The highest BCUT2D eigenvalue weighted by atomic mass is 79.9. The number of carboxylic acids is 1. The molecule has 1 amide bonds. The Morgan fingerprint density at radius 1 is 1.38 bits per heavy atom. The molecule has 2 N–H and O–H groups in total. The summed E-state index contributed by atoms with van der Waals surface area (Å²) in [4.78, 5) is 23.5. The highest BCUT2D eigenvalue weighted by molar-refractivity contribution is 9.10. The van der Waals surface area contributed by atoms with Gasteiger partial charge in [0.2, 0.25) is 0 Å². The molecule has 0 atom stereocenters. The third-order valence-electron chi connectivity index (χ3n) is 2.89. The van der Waals surface area contributed by atoms with Gasteiger partial charge in [-0.15, -0.1) is 0 Å². The number of nitrogens with one attached hydrogen (secondary N) is 1. The lowest BCUT2D eigenvalue weighted by Crippen LogP contribution is -2.19. The number of halogens is 1. The maximum atomic E-state index is 12.3. The summed E-state index contributed by atoms with van der Waals surface area (Å²) in [6.07, 6.45) is 0. The van der Waals surface area contributed by atoms with Crippen molar-refractivity contribution in [1.29, 1.82) is 0 Å². The number of aromatic nitrogens is 2. The zero-order valence-corrected chi connectivity index (χ0v) is 13.1. The Morgan fingerprint density at radius 3 is 2.71 bits per heavy atom. The first-order valence-corrected chi connectivity index (χ1v) is 7.10. The number of rotatable bonds is 4. The standard InChI is InChI=1S/C14H14BrN3O3/c1-3-18-12(6-8(2)17-18)13(19)16-11-7-9(15)4-5-10(11)14(20)21/h4-7H,3H2,1-2H3,(H,16,19)(H,20,21). The van der Waals surface area contributed by atoms with Crippen molar-refractivity contribution in [3.63, 3.8) is 0 Å². The normalized spacial score (nSPS) is 10.4. The van der Waals surface area contributed by atoms with E-state index < -0.39 is 11.9 Å². The highest BCUT2D eigenvalue weighted by Crippen LogP contribution is 2.22. The minimum Gasteiger partial charge on any atom is -0.478 e. The SMILES string of the molecule is CCn1nc(C)cc1C(=O)Nc1cc(Br)ccc1C(=O)O. The average molecular weight is 352 g/mol. The van der Waals surface area contributed by atoms with Gasteiger partial charge in [0, 0.05) is 11.0 Å². The number of benzene rings is 1. The summed E-state index contributed by atoms with van der Waals surface area (Å²) >= 11 is 3.26. The Bertz CT molecular complexity index is 709. The Hall–Kier alpha value is -2.15. The topological polar surface area (TPSA) is 84.2 Å². The lowest BCUT2D eigenvalue weighted by Gasteiger charge is -2.09. The molecule has 0 aliphatic heterocycles. The van der Waals surface area contributed by atoms with E-state index in [2.05, 4.69) is 26.3 Å². The minimum atomic E-state index is -1.10. The third-order valence-corrected chi connectivity index (χ3v) is 3.39. The van der Waals surface area contributed by atoms with E-state index in [9.17, 15) is 9.59 Å². The van der Waals surface area contributed by atoms with Crippen molar-refractivity contribution in [1.82, 2.24) is 9.78 Å². The average Bonchev–Trinajstić information content (AvgIpc) is 2.79. The van der Waals surface area contributed by atoms with Gasteiger partial charge in [-0.05, 0) is 38.1 Å². The van der Waals surface area contributed by atoms with Gasteiger partial charge in [-0.25, -0.2) is 4.79 Å². The van der Waals surface area contributed by atoms with Gasteiger partial charge in [-0.1, -0.05) is 15.9 Å². The predicted octanol–water partition coefficient (Wildman–Crippen LogP) is 2.92. The number of nitrogens with zero attached hydrogens (tertiary/aromatic N) is 2. The van der Waals surface area contributed by atoms with E-state index in [4.69, 9.17) is 5.11 Å². The molecule has 0 saturated heterocycles. The second kappa shape index (κ2) is 6.09. The Balaban J connectivity index is 2.35. The molecule has 0 saturated carbocycles. The Morgan fingerprint density at radius 2 is 2.10 bits per heavy atom. The van der Waals surface area contributed by atoms with Crippen LogP contribution in [0.1, 0.15) is 33.5 Å². The van der Waals surface area contributed by atoms with E-state index in [1.165, 1.54) is 6.07 Å². The van der Waals surface area contributed by atoms with Crippen LogP contribution in [0.15, 0.2) is 28.7 Å². The largest absolute Gasteiger partial charge is 0.478 e. The molecule has 1 heterocycles. The van der Waals surface area contributed by atoms with Crippen LogP contribution in [0.4, 0.5) is 5.69 Å². The summed E-state index contributed by atoms with van der Waals surface area (Å²) in [5.41, 5.74) is 1.40. The molecule has 7 heteroatoms. The van der Waals surface area contributed by atoms with E-state index in [0.29, 0.717) is 16.7 Å². The van der Waals surface area contributed by atoms with Crippen LogP contribution >= 0.6 is 15.9 Å². The summed E-state index contributed by atoms with van der Waals surface area (Å²) in [6, 6.07) is 6.27. The van der Waals surface area contributed by atoms with E-state index >= 15 is 0 Å². The van der Waals surface area contributed by atoms with Crippen LogP contribution in [-0.2, 0) is 6.54 Å². The van der Waals surface area contributed by atoms with Crippen molar-refractivity contribution in [2.45, 2.75) is 20.4 Å². The fraction of sp³-hybridized carbons (Fsp3) is 0.214. The van der Waals surface area contributed by atoms with Crippen molar-refractivity contribution in [3.8, 4) is 0 Å². The molecule has 0 bridgehead atoms. The highest BCUT2D eigenvalue weighted by Gasteiger charge is 2.17. The van der Waals surface area contributed by atoms with Gasteiger partial charge in [0.15, 0.2) is 0 Å². The molecule has 0 aliphatic rings. The summed E-state index contributed by atoms with van der Waals surface area (Å²) in [7, 11) is 0. The van der Waals surface area contributed by atoms with Crippen LogP contribution in [0, 0.1) is 6.92 Å². The number of hydrogen-bond acceptors (Lipinski definition) is 3. The Kier molecular flexibility index (Phi) is 4.42. The van der Waals surface area contributed by atoms with Crippen LogP contribution in [0.3, 0.4) is 0 Å². The number of carboxylic acid groups (broad SMARTS) is 1. The van der Waals surface area contributed by atoms with Crippen molar-refractivity contribution >= 4 is 33.5 Å². The van der Waals surface area contributed by atoms with Crippen LogP contribution in [0.5, 0.6) is 0 Å². The number of aromatic carboxylic acids is 1. The first-order valence-electron chi connectivity index (χ1n) is 6.31. The minimum absolute atomic E-state index is 0.0332. The van der Waals surface area contributed by atoms with Crippen molar-refractivity contribution in [3.05, 3.63) is 45.7 Å². The second-order valence-electron chi connectivity index (χ2n) is 4.44. The summed E-state index contributed by atoms with van der Waals surface area (Å²) in [6.45, 7) is 4.23. The zero-order chi connectivity index (χ0) is 15.6. The number of carbonyl (C=O) groups is 2. The number of aryl methyl sites for hydroxylation is 2. The van der Waals surface area contributed by atoms with Gasteiger partial charge in [-0.3, -0.25) is 9.48 Å². The third kappa shape index (κ3) is 3.30. The fourth-order valence-electron chi connectivity index (χ4n) is 1.96.